The lowest BCUT2D eigenvalue weighted by Gasteiger charge is -2.39. The zero-order chi connectivity index (χ0) is 32.7. The largest absolute Gasteiger partial charge is 0.444 e. The topological polar surface area (TPSA) is 111 Å². The molecular weight excluding hydrogens is 599 g/mol. The van der Waals surface area contributed by atoms with Crippen LogP contribution in [0.1, 0.15) is 78.4 Å². The van der Waals surface area contributed by atoms with E-state index < -0.39 is 11.2 Å². The van der Waals surface area contributed by atoms with Crippen LogP contribution in [0.4, 0.5) is 9.59 Å². The number of halogens is 2. The number of carbonyl (C=O) groups is 2. The van der Waals surface area contributed by atoms with Gasteiger partial charge in [-0.2, -0.15) is 0 Å². The average molecular weight is 650 g/mol. The Morgan fingerprint density at radius 2 is 1.00 bits per heavy atom. The molecule has 10 heteroatoms. The third-order valence-electron chi connectivity index (χ3n) is 7.54. The van der Waals surface area contributed by atoms with Crippen LogP contribution in [-0.4, -0.2) is 70.4 Å². The molecule has 8 nitrogen and oxygen atoms in total. The molecule has 0 saturated carbocycles. The molecule has 2 saturated heterocycles. The van der Waals surface area contributed by atoms with Gasteiger partial charge in [0.05, 0.1) is 0 Å². The van der Waals surface area contributed by atoms with E-state index in [2.05, 4.69) is 0 Å². The number of hydrogen-bond acceptors (Lipinski definition) is 6. The third kappa shape index (κ3) is 12.1. The number of hydrogen-bond donors (Lipinski definition) is 2. The van der Waals surface area contributed by atoms with Gasteiger partial charge >= 0.3 is 12.2 Å². The molecule has 0 unspecified atom stereocenters. The van der Waals surface area contributed by atoms with E-state index in [4.69, 9.17) is 44.1 Å². The molecule has 0 aromatic heterocycles. The van der Waals surface area contributed by atoms with E-state index in [1.807, 2.05) is 99.9 Å². The van der Waals surface area contributed by atoms with Crippen LogP contribution in [0.5, 0.6) is 0 Å². The Morgan fingerprint density at radius 3 is 1.30 bits per heavy atom. The summed E-state index contributed by atoms with van der Waals surface area (Å²) in [6.07, 6.45) is 4.25. The molecule has 2 aromatic rings. The maximum absolute atomic E-state index is 12.4. The molecule has 0 spiro atoms. The van der Waals surface area contributed by atoms with E-state index in [0.29, 0.717) is 23.1 Å². The molecule has 0 aliphatic carbocycles. The van der Waals surface area contributed by atoms with Crippen molar-refractivity contribution in [3.8, 4) is 0 Å². The smallest absolute Gasteiger partial charge is 0.410 e. The molecule has 4 rings (SSSR count). The summed E-state index contributed by atoms with van der Waals surface area (Å²) < 4.78 is 11.0. The maximum Gasteiger partial charge on any atom is 0.410 e. The fourth-order valence-corrected chi connectivity index (χ4v) is 5.71. The lowest BCUT2D eigenvalue weighted by molar-refractivity contribution is 0.00731. The first kappa shape index (κ1) is 36.0. The minimum Gasteiger partial charge on any atom is -0.444 e. The Kier molecular flexibility index (Phi) is 12.8. The highest BCUT2D eigenvalue weighted by Crippen LogP contribution is 2.25. The summed E-state index contributed by atoms with van der Waals surface area (Å²) in [5.41, 5.74) is 13.5. The fraction of sp³-hybridized carbons (Fsp3) is 0.588. The zero-order valence-electron chi connectivity index (χ0n) is 27.0. The minimum absolute atomic E-state index is 0.0692. The van der Waals surface area contributed by atoms with Crippen LogP contribution in [0.2, 0.25) is 10.0 Å². The molecule has 2 aliphatic heterocycles. The molecule has 2 aliphatic rings. The van der Waals surface area contributed by atoms with E-state index in [-0.39, 0.29) is 36.4 Å². The lowest BCUT2D eigenvalue weighted by atomic mass is 9.93. The summed E-state index contributed by atoms with van der Waals surface area (Å²) in [5.74, 6) is 0. The molecule has 0 bridgehead atoms. The van der Waals surface area contributed by atoms with Crippen molar-refractivity contribution in [2.24, 2.45) is 11.5 Å². The van der Waals surface area contributed by atoms with E-state index in [1.54, 1.807) is 0 Å². The number of carbonyl (C=O) groups excluding carboxylic acids is 2. The Morgan fingerprint density at radius 1 is 0.682 bits per heavy atom. The predicted molar refractivity (Wildman–Crippen MR) is 178 cm³/mol. The van der Waals surface area contributed by atoms with Crippen molar-refractivity contribution in [3.05, 3.63) is 69.7 Å². The Hall–Kier alpha value is -2.52. The van der Waals surface area contributed by atoms with E-state index in [9.17, 15) is 9.59 Å². The summed E-state index contributed by atoms with van der Waals surface area (Å²) in [5, 5.41) is 1.43. The fourth-order valence-electron chi connectivity index (χ4n) is 5.46. The van der Waals surface area contributed by atoms with Crippen LogP contribution in [0.25, 0.3) is 0 Å². The summed E-state index contributed by atoms with van der Waals surface area (Å²) in [4.78, 5) is 28.5. The first-order chi connectivity index (χ1) is 20.5. The van der Waals surface area contributed by atoms with Crippen LogP contribution in [0.15, 0.2) is 48.5 Å². The van der Waals surface area contributed by atoms with Gasteiger partial charge in [0.1, 0.15) is 11.2 Å². The SMILES string of the molecule is CC(C)(C)OC(=O)N1CC[C@@H](N)C[C@@H]1Cc1ccc(Cl)cc1.CC(C)(C)OC(=O)N1CC[C@H](N)C[C@H]1Cc1ccc(Cl)cc1. The maximum atomic E-state index is 12.4. The van der Waals surface area contributed by atoms with Crippen LogP contribution >= 0.6 is 23.2 Å². The van der Waals surface area contributed by atoms with E-state index in [0.717, 1.165) is 49.7 Å². The van der Waals surface area contributed by atoms with Gasteiger partial charge in [-0.3, -0.25) is 0 Å². The zero-order valence-corrected chi connectivity index (χ0v) is 28.5. The molecule has 4 atom stereocenters. The summed E-state index contributed by atoms with van der Waals surface area (Å²) in [7, 11) is 0. The highest BCUT2D eigenvalue weighted by molar-refractivity contribution is 6.30. The van der Waals surface area contributed by atoms with Crippen molar-refractivity contribution < 1.29 is 19.1 Å². The second-order valence-electron chi connectivity index (χ2n) is 13.9. The van der Waals surface area contributed by atoms with Crippen LogP contribution in [0, 0.1) is 0 Å². The number of likely N-dealkylation sites (tertiary alicyclic amines) is 2. The van der Waals surface area contributed by atoms with Crippen LogP contribution < -0.4 is 11.5 Å². The number of ether oxygens (including phenoxy) is 2. The summed E-state index contributed by atoms with van der Waals surface area (Å²) in [6, 6.07) is 15.9. The number of amides is 2. The Balaban J connectivity index is 0.000000240. The van der Waals surface area contributed by atoms with Crippen LogP contribution in [-0.2, 0) is 22.3 Å². The minimum atomic E-state index is -0.485. The molecule has 4 N–H and O–H groups in total. The quantitative estimate of drug-likeness (QED) is 0.362. The van der Waals surface area contributed by atoms with Gasteiger partial charge in [-0.1, -0.05) is 47.5 Å². The Labute approximate surface area is 273 Å². The van der Waals surface area contributed by atoms with Crippen LogP contribution in [0.3, 0.4) is 0 Å². The monoisotopic (exact) mass is 648 g/mol. The number of piperidine rings is 2. The molecule has 244 valence electrons. The van der Waals surface area contributed by atoms with Gasteiger partial charge < -0.3 is 30.7 Å². The number of nitrogens with zero attached hydrogens (tertiary/aromatic N) is 2. The van der Waals surface area contributed by atoms with Crippen molar-refractivity contribution in [1.29, 1.82) is 0 Å². The summed E-state index contributed by atoms with van der Waals surface area (Å²) >= 11 is 11.8. The van der Waals surface area contributed by atoms with E-state index in [1.165, 1.54) is 0 Å². The van der Waals surface area contributed by atoms with E-state index >= 15 is 0 Å². The Bertz CT molecular complexity index is 1120. The molecule has 44 heavy (non-hydrogen) atoms. The van der Waals surface area contributed by atoms with Gasteiger partial charge in [-0.05, 0) is 115 Å². The highest BCUT2D eigenvalue weighted by atomic mass is 35.5. The van der Waals surface area contributed by atoms with Crippen molar-refractivity contribution in [2.75, 3.05) is 13.1 Å². The standard InChI is InChI=1S/2C17H25ClN2O2/c2*1-17(2,3)22-16(21)20-9-8-14(19)11-15(20)10-12-4-6-13(18)7-5-12/h2*4-7,14-15H,8-11,19H2,1-3H3/t2*14-,15+/m10/s1. The van der Waals surface area contributed by atoms with Gasteiger partial charge in [-0.15, -0.1) is 0 Å². The highest BCUT2D eigenvalue weighted by Gasteiger charge is 2.34. The number of rotatable bonds is 4. The van der Waals surface area contributed by atoms with Gasteiger partial charge in [0.15, 0.2) is 0 Å². The molecule has 2 heterocycles. The predicted octanol–water partition coefficient (Wildman–Crippen LogP) is 7.22. The first-order valence-electron chi connectivity index (χ1n) is 15.5. The normalized spacial score (nSPS) is 22.5. The van der Waals surface area contributed by atoms with Crippen molar-refractivity contribution in [1.82, 2.24) is 9.80 Å². The number of benzene rings is 2. The molecule has 0 radical (unpaired) electrons. The van der Waals surface area contributed by atoms with Gasteiger partial charge in [0.2, 0.25) is 0 Å². The number of nitrogens with two attached hydrogens (primary N) is 2. The van der Waals surface area contributed by atoms with Crippen molar-refractivity contribution in [3.63, 3.8) is 0 Å². The second kappa shape index (κ2) is 15.7. The first-order valence-corrected chi connectivity index (χ1v) is 16.2. The van der Waals surface area contributed by atoms with Gasteiger partial charge in [0.25, 0.3) is 0 Å². The summed E-state index contributed by atoms with van der Waals surface area (Å²) in [6.45, 7) is 12.6. The van der Waals surface area contributed by atoms with Crippen molar-refractivity contribution in [2.45, 2.75) is 115 Å². The van der Waals surface area contributed by atoms with Gasteiger partial charge in [-0.25, -0.2) is 9.59 Å². The lowest BCUT2D eigenvalue weighted by Crippen LogP contribution is -2.51. The molecule has 2 fully saturated rings. The van der Waals surface area contributed by atoms with Gasteiger partial charge in [0, 0.05) is 47.3 Å². The van der Waals surface area contributed by atoms with Crippen molar-refractivity contribution >= 4 is 35.4 Å². The molecule has 2 aromatic carbocycles. The molecule has 2 amide bonds. The third-order valence-corrected chi connectivity index (χ3v) is 8.04. The second-order valence-corrected chi connectivity index (χ2v) is 14.8. The average Bonchev–Trinajstić information content (AvgIpc) is 2.90. The molecular formula is C34H50Cl2N4O4.